The van der Waals surface area contributed by atoms with Gasteiger partial charge in [0.1, 0.15) is 5.75 Å². The molecule has 92 valence electrons. The highest BCUT2D eigenvalue weighted by Crippen LogP contribution is 2.45. The zero-order chi connectivity index (χ0) is 12.8. The lowest BCUT2D eigenvalue weighted by atomic mass is 9.82. The van der Waals surface area contributed by atoms with Crippen molar-refractivity contribution in [2.75, 3.05) is 0 Å². The molecule has 17 heavy (non-hydrogen) atoms. The number of amides is 1. The highest BCUT2D eigenvalue weighted by Gasteiger charge is 2.40. The van der Waals surface area contributed by atoms with E-state index in [-0.39, 0.29) is 17.2 Å². The Morgan fingerprint density at radius 3 is 2.59 bits per heavy atom. The summed E-state index contributed by atoms with van der Waals surface area (Å²) in [4.78, 5) is 12.7. The van der Waals surface area contributed by atoms with E-state index in [2.05, 4.69) is 0 Å². The first-order valence-corrected chi connectivity index (χ1v) is 5.62. The molecule has 2 N–H and O–H groups in total. The van der Waals surface area contributed by atoms with Gasteiger partial charge in [-0.15, -0.1) is 0 Å². The molecule has 2 rings (SSSR count). The second kappa shape index (κ2) is 3.65. The monoisotopic (exact) mass is 235 g/mol. The zero-order valence-corrected chi connectivity index (χ0v) is 10.3. The quantitative estimate of drug-likeness (QED) is 0.726. The molecule has 0 fully saturated rings. The fourth-order valence-corrected chi connectivity index (χ4v) is 2.55. The molecule has 1 atom stereocenters. The minimum atomic E-state index is -0.916. The van der Waals surface area contributed by atoms with Crippen LogP contribution < -0.4 is 0 Å². The lowest BCUT2D eigenvalue weighted by molar-refractivity contribution is 0.0900. The number of benzene rings is 1. The van der Waals surface area contributed by atoms with Crippen molar-refractivity contribution in [2.24, 2.45) is 5.41 Å². The van der Waals surface area contributed by atoms with Gasteiger partial charge in [0.15, 0.2) is 0 Å². The SMILES string of the molecule is CC(C)(C)C1c2ccc(O)cc2CN1C(=O)O. The van der Waals surface area contributed by atoms with Crippen molar-refractivity contribution < 1.29 is 15.0 Å². The van der Waals surface area contributed by atoms with E-state index in [0.29, 0.717) is 6.54 Å². The minimum Gasteiger partial charge on any atom is -0.508 e. The molecule has 1 aromatic carbocycles. The van der Waals surface area contributed by atoms with Gasteiger partial charge in [-0.05, 0) is 28.7 Å². The molecule has 0 radical (unpaired) electrons. The summed E-state index contributed by atoms with van der Waals surface area (Å²) in [6, 6.07) is 4.93. The zero-order valence-electron chi connectivity index (χ0n) is 10.3. The molecule has 1 aromatic rings. The molecule has 1 heterocycles. The standard InChI is InChI=1S/C13H17NO3/c1-13(2,3)11-10-5-4-9(15)6-8(10)7-14(11)12(16)17/h4-6,11,15H,7H2,1-3H3,(H,16,17). The number of hydrogen-bond donors (Lipinski definition) is 2. The number of carboxylic acid groups (broad SMARTS) is 1. The number of hydrogen-bond acceptors (Lipinski definition) is 2. The topological polar surface area (TPSA) is 60.8 Å². The first-order valence-electron chi connectivity index (χ1n) is 5.62. The van der Waals surface area contributed by atoms with Crippen LogP contribution in [0.2, 0.25) is 0 Å². The molecular formula is C13H17NO3. The Kier molecular flexibility index (Phi) is 2.53. The van der Waals surface area contributed by atoms with Gasteiger partial charge in [-0.1, -0.05) is 26.8 Å². The molecule has 4 nitrogen and oxygen atoms in total. The summed E-state index contributed by atoms with van der Waals surface area (Å²) in [7, 11) is 0. The molecular weight excluding hydrogens is 218 g/mol. The van der Waals surface area contributed by atoms with E-state index in [1.807, 2.05) is 26.8 Å². The maximum absolute atomic E-state index is 11.3. The highest BCUT2D eigenvalue weighted by molar-refractivity contribution is 5.68. The van der Waals surface area contributed by atoms with Gasteiger partial charge >= 0.3 is 6.09 Å². The summed E-state index contributed by atoms with van der Waals surface area (Å²) in [6.07, 6.45) is -0.916. The summed E-state index contributed by atoms with van der Waals surface area (Å²) in [6.45, 7) is 6.42. The smallest absolute Gasteiger partial charge is 0.408 e. The van der Waals surface area contributed by atoms with E-state index in [4.69, 9.17) is 0 Å². The van der Waals surface area contributed by atoms with Crippen LogP contribution in [0.5, 0.6) is 5.75 Å². The second-order valence-electron chi connectivity index (χ2n) is 5.56. The molecule has 0 aliphatic carbocycles. The lowest BCUT2D eigenvalue weighted by Crippen LogP contribution is -2.35. The van der Waals surface area contributed by atoms with E-state index < -0.39 is 6.09 Å². The van der Waals surface area contributed by atoms with E-state index in [1.54, 1.807) is 12.1 Å². The van der Waals surface area contributed by atoms with Crippen LogP contribution in [0.3, 0.4) is 0 Å². The first kappa shape index (κ1) is 11.8. The summed E-state index contributed by atoms with van der Waals surface area (Å²) < 4.78 is 0. The molecule has 1 amide bonds. The number of aromatic hydroxyl groups is 1. The summed E-state index contributed by atoms with van der Waals surface area (Å²) in [5, 5.41) is 18.7. The molecule has 0 bridgehead atoms. The molecule has 0 spiro atoms. The van der Waals surface area contributed by atoms with Gasteiger partial charge in [0, 0.05) is 0 Å². The van der Waals surface area contributed by atoms with Crippen LogP contribution >= 0.6 is 0 Å². The molecule has 1 unspecified atom stereocenters. The third-order valence-electron chi connectivity index (χ3n) is 3.14. The van der Waals surface area contributed by atoms with E-state index in [1.165, 1.54) is 4.90 Å². The molecule has 1 aliphatic rings. The van der Waals surface area contributed by atoms with Crippen molar-refractivity contribution in [3.05, 3.63) is 29.3 Å². The van der Waals surface area contributed by atoms with E-state index >= 15 is 0 Å². The Hall–Kier alpha value is -1.71. The molecule has 1 aliphatic heterocycles. The maximum Gasteiger partial charge on any atom is 0.408 e. The van der Waals surface area contributed by atoms with Crippen molar-refractivity contribution in [3.63, 3.8) is 0 Å². The summed E-state index contributed by atoms with van der Waals surface area (Å²) >= 11 is 0. The van der Waals surface area contributed by atoms with Crippen molar-refractivity contribution in [1.29, 1.82) is 0 Å². The number of carbonyl (C=O) groups is 1. The largest absolute Gasteiger partial charge is 0.508 e. The van der Waals surface area contributed by atoms with Crippen LogP contribution in [0, 0.1) is 5.41 Å². The molecule has 0 aromatic heterocycles. The van der Waals surface area contributed by atoms with Gasteiger partial charge in [-0.25, -0.2) is 4.79 Å². The summed E-state index contributed by atoms with van der Waals surface area (Å²) in [5.74, 6) is 0.184. The number of nitrogens with zero attached hydrogens (tertiary/aromatic N) is 1. The maximum atomic E-state index is 11.3. The van der Waals surface area contributed by atoms with E-state index in [9.17, 15) is 15.0 Å². The number of phenolic OH excluding ortho intramolecular Hbond substituents is 1. The number of rotatable bonds is 0. The van der Waals surface area contributed by atoms with Crippen LogP contribution in [-0.2, 0) is 6.54 Å². The van der Waals surface area contributed by atoms with Gasteiger partial charge in [0.2, 0.25) is 0 Å². The predicted molar refractivity (Wildman–Crippen MR) is 63.9 cm³/mol. The van der Waals surface area contributed by atoms with Crippen molar-refractivity contribution >= 4 is 6.09 Å². The number of fused-ring (bicyclic) bond motifs is 1. The average molecular weight is 235 g/mol. The Balaban J connectivity index is 2.51. The summed E-state index contributed by atoms with van der Waals surface area (Å²) in [5.41, 5.74) is 1.73. The molecule has 4 heteroatoms. The van der Waals surface area contributed by atoms with Crippen molar-refractivity contribution in [1.82, 2.24) is 4.90 Å². The van der Waals surface area contributed by atoms with Crippen molar-refractivity contribution in [2.45, 2.75) is 33.4 Å². The van der Waals surface area contributed by atoms with Crippen LogP contribution in [-0.4, -0.2) is 21.2 Å². The Bertz CT molecular complexity index is 462. The van der Waals surface area contributed by atoms with Crippen LogP contribution in [0.15, 0.2) is 18.2 Å². The van der Waals surface area contributed by atoms with E-state index in [0.717, 1.165) is 11.1 Å². The molecule has 0 saturated carbocycles. The van der Waals surface area contributed by atoms with Crippen LogP contribution in [0.25, 0.3) is 0 Å². The fraction of sp³-hybridized carbons (Fsp3) is 0.462. The van der Waals surface area contributed by atoms with Gasteiger partial charge < -0.3 is 10.2 Å². The second-order valence-corrected chi connectivity index (χ2v) is 5.56. The third kappa shape index (κ3) is 1.95. The molecule has 0 saturated heterocycles. The van der Waals surface area contributed by atoms with Crippen molar-refractivity contribution in [3.8, 4) is 5.75 Å². The van der Waals surface area contributed by atoms with Crippen LogP contribution in [0.4, 0.5) is 4.79 Å². The lowest BCUT2D eigenvalue weighted by Gasteiger charge is -2.33. The first-order chi connectivity index (χ1) is 7.80. The Morgan fingerprint density at radius 1 is 1.41 bits per heavy atom. The fourth-order valence-electron chi connectivity index (χ4n) is 2.55. The van der Waals surface area contributed by atoms with Gasteiger partial charge in [-0.3, -0.25) is 4.90 Å². The normalized spacial score (nSPS) is 19.2. The van der Waals surface area contributed by atoms with Gasteiger partial charge in [-0.2, -0.15) is 0 Å². The highest BCUT2D eigenvalue weighted by atomic mass is 16.4. The van der Waals surface area contributed by atoms with Crippen LogP contribution in [0.1, 0.15) is 37.9 Å². The Labute approximate surface area is 100 Å². The van der Waals surface area contributed by atoms with Gasteiger partial charge in [0.25, 0.3) is 0 Å². The minimum absolute atomic E-state index is 0.157. The third-order valence-corrected chi connectivity index (χ3v) is 3.14. The van der Waals surface area contributed by atoms with Gasteiger partial charge in [0.05, 0.1) is 12.6 Å². The Morgan fingerprint density at radius 2 is 2.06 bits per heavy atom. The predicted octanol–water partition coefficient (Wildman–Crippen LogP) is 2.97. The number of phenols is 1. The average Bonchev–Trinajstić information content (AvgIpc) is 2.55.